The van der Waals surface area contributed by atoms with E-state index in [0.29, 0.717) is 45.3 Å². The van der Waals surface area contributed by atoms with Gasteiger partial charge in [0.25, 0.3) is 11.5 Å². The highest BCUT2D eigenvalue weighted by atomic mass is 32.2. The maximum atomic E-state index is 13.5. The number of nitrogens with zero attached hydrogens (tertiary/aromatic N) is 4. The van der Waals surface area contributed by atoms with Gasteiger partial charge in [-0.25, -0.2) is 0 Å². The van der Waals surface area contributed by atoms with Crippen LogP contribution in [0, 0.1) is 24.2 Å². The minimum atomic E-state index is -0.288. The molecule has 2 saturated heterocycles. The van der Waals surface area contributed by atoms with E-state index in [2.05, 4.69) is 17.9 Å². The third kappa shape index (κ3) is 4.62. The Labute approximate surface area is 225 Å². The normalized spacial score (nSPS) is 18.7. The highest BCUT2D eigenvalue weighted by Gasteiger charge is 2.34. The highest BCUT2D eigenvalue weighted by Crippen LogP contribution is 2.38. The molecule has 0 unspecified atom stereocenters. The Bertz CT molecular complexity index is 1420. The van der Waals surface area contributed by atoms with Gasteiger partial charge >= 0.3 is 0 Å². The first-order valence-electron chi connectivity index (χ1n) is 12.4. The van der Waals surface area contributed by atoms with Crippen LogP contribution in [0.2, 0.25) is 0 Å². The summed E-state index contributed by atoms with van der Waals surface area (Å²) in [5, 5.41) is 9.79. The number of thioether (sulfide) groups is 1. The van der Waals surface area contributed by atoms with E-state index < -0.39 is 0 Å². The van der Waals surface area contributed by atoms with Crippen molar-refractivity contribution in [2.45, 2.75) is 46.7 Å². The number of ether oxygens (including phenoxy) is 2. The molecule has 2 aromatic rings. The van der Waals surface area contributed by atoms with Crippen LogP contribution >= 0.6 is 24.0 Å². The molecule has 4 heterocycles. The monoisotopic (exact) mass is 536 g/mol. The minimum absolute atomic E-state index is 0.109. The summed E-state index contributed by atoms with van der Waals surface area (Å²) in [6.07, 6.45) is 3.86. The Balaban J connectivity index is 1.53. The lowest BCUT2D eigenvalue weighted by Crippen LogP contribution is -2.39. The average molecular weight is 537 g/mol. The molecule has 37 heavy (non-hydrogen) atoms. The number of carbonyl (C=O) groups is 1. The molecule has 0 atom stereocenters. The van der Waals surface area contributed by atoms with Gasteiger partial charge in [0.15, 0.2) is 11.5 Å². The number of pyridine rings is 1. The number of amides is 1. The fraction of sp³-hybridized carbons (Fsp3) is 0.407. The van der Waals surface area contributed by atoms with E-state index in [1.807, 2.05) is 31.2 Å². The second-order valence-electron chi connectivity index (χ2n) is 9.52. The van der Waals surface area contributed by atoms with Crippen molar-refractivity contribution in [1.29, 1.82) is 5.26 Å². The molecular weight excluding hydrogens is 508 g/mol. The van der Waals surface area contributed by atoms with Gasteiger partial charge in [-0.3, -0.25) is 19.1 Å². The van der Waals surface area contributed by atoms with Crippen LogP contribution < -0.4 is 19.9 Å². The quantitative estimate of drug-likeness (QED) is 0.410. The molecule has 2 fully saturated rings. The highest BCUT2D eigenvalue weighted by molar-refractivity contribution is 8.26. The average Bonchev–Trinajstić information content (AvgIpc) is 3.46. The molecular formula is C27H28N4O4S2. The molecule has 3 aliphatic heterocycles. The lowest BCUT2D eigenvalue weighted by atomic mass is 9.97. The number of thiocarbonyl (C=S) groups is 1. The van der Waals surface area contributed by atoms with Gasteiger partial charge in [-0.2, -0.15) is 5.26 Å². The minimum Gasteiger partial charge on any atom is -0.454 e. The maximum absolute atomic E-state index is 13.5. The van der Waals surface area contributed by atoms with E-state index in [0.717, 1.165) is 42.9 Å². The zero-order valence-electron chi connectivity index (χ0n) is 21.1. The Hall–Kier alpha value is -3.29. The third-order valence-electron chi connectivity index (χ3n) is 7.17. The number of anilines is 1. The fourth-order valence-corrected chi connectivity index (χ4v) is 6.22. The molecule has 3 aliphatic rings. The van der Waals surface area contributed by atoms with Crippen LogP contribution in [-0.4, -0.2) is 39.6 Å². The number of piperidine rings is 1. The van der Waals surface area contributed by atoms with E-state index in [1.54, 1.807) is 16.4 Å². The van der Waals surface area contributed by atoms with Gasteiger partial charge in [-0.1, -0.05) is 37.0 Å². The molecule has 0 saturated carbocycles. The number of benzene rings is 1. The van der Waals surface area contributed by atoms with Crippen LogP contribution in [0.1, 0.15) is 48.9 Å². The predicted molar refractivity (Wildman–Crippen MR) is 148 cm³/mol. The van der Waals surface area contributed by atoms with E-state index in [9.17, 15) is 14.9 Å². The van der Waals surface area contributed by atoms with Crippen LogP contribution in [0.5, 0.6) is 11.5 Å². The number of hydrogen-bond acceptors (Lipinski definition) is 8. The lowest BCUT2D eigenvalue weighted by Gasteiger charge is -2.35. The Morgan fingerprint density at radius 3 is 2.65 bits per heavy atom. The second-order valence-corrected chi connectivity index (χ2v) is 11.2. The van der Waals surface area contributed by atoms with Gasteiger partial charge in [-0.15, -0.1) is 0 Å². The van der Waals surface area contributed by atoms with Gasteiger partial charge in [-0.05, 0) is 61.9 Å². The van der Waals surface area contributed by atoms with Crippen LogP contribution in [0.3, 0.4) is 0 Å². The summed E-state index contributed by atoms with van der Waals surface area (Å²) in [5.41, 5.74) is 2.03. The molecule has 1 amide bonds. The van der Waals surface area contributed by atoms with Crippen LogP contribution in [0.4, 0.5) is 5.82 Å². The van der Waals surface area contributed by atoms with Crippen LogP contribution in [0.25, 0.3) is 6.08 Å². The second kappa shape index (κ2) is 10.2. The molecule has 5 rings (SSSR count). The SMILES string of the molecule is CCn1c(N2CCC(C)CC2)c(C=C2SC(=S)N(Cc3ccc4c(c3)OCO4)C2=O)c(C)c(C#N)c1=O. The van der Waals surface area contributed by atoms with Gasteiger partial charge in [0.05, 0.1) is 11.4 Å². The first-order chi connectivity index (χ1) is 17.8. The maximum Gasteiger partial charge on any atom is 0.270 e. The first-order valence-corrected chi connectivity index (χ1v) is 13.6. The molecule has 10 heteroatoms. The molecule has 0 aliphatic carbocycles. The summed E-state index contributed by atoms with van der Waals surface area (Å²) in [4.78, 5) is 31.0. The molecule has 1 aromatic heterocycles. The lowest BCUT2D eigenvalue weighted by molar-refractivity contribution is -0.122. The van der Waals surface area contributed by atoms with Crippen molar-refractivity contribution in [2.24, 2.45) is 5.92 Å². The third-order valence-corrected chi connectivity index (χ3v) is 8.55. The Morgan fingerprint density at radius 2 is 1.95 bits per heavy atom. The number of rotatable bonds is 5. The standard InChI is InChI=1S/C27H28N4O4S2/c1-4-30-24(29-9-7-16(2)8-10-29)19(17(3)20(13-28)25(30)32)12-23-26(33)31(27(36)37-23)14-18-5-6-21-22(11-18)35-15-34-21/h5-6,11-12,16H,4,7-10,14-15H2,1-3H3. The van der Waals surface area contributed by atoms with E-state index in [-0.39, 0.29) is 23.8 Å². The number of hydrogen-bond donors (Lipinski definition) is 0. The molecule has 0 spiro atoms. The molecule has 8 nitrogen and oxygen atoms in total. The predicted octanol–water partition coefficient (Wildman–Crippen LogP) is 4.41. The largest absolute Gasteiger partial charge is 0.454 e. The van der Waals surface area contributed by atoms with E-state index >= 15 is 0 Å². The van der Waals surface area contributed by atoms with Crippen LogP contribution in [-0.2, 0) is 17.9 Å². The van der Waals surface area contributed by atoms with Gasteiger partial charge in [0.1, 0.15) is 21.8 Å². The van der Waals surface area contributed by atoms with Gasteiger partial charge in [0, 0.05) is 25.2 Å². The zero-order chi connectivity index (χ0) is 26.3. The molecule has 0 N–H and O–H groups in total. The first kappa shape index (κ1) is 25.4. The molecule has 1 aromatic carbocycles. The van der Waals surface area contributed by atoms with E-state index in [1.165, 1.54) is 11.8 Å². The van der Waals surface area contributed by atoms with Gasteiger partial charge < -0.3 is 14.4 Å². The van der Waals surface area contributed by atoms with Crippen molar-refractivity contribution in [3.05, 3.63) is 55.7 Å². The summed E-state index contributed by atoms with van der Waals surface area (Å²) in [6.45, 7) is 8.49. The summed E-state index contributed by atoms with van der Waals surface area (Å²) in [5.74, 6) is 2.53. The fourth-order valence-electron chi connectivity index (χ4n) is 4.99. The van der Waals surface area contributed by atoms with Crippen molar-refractivity contribution in [3.8, 4) is 17.6 Å². The number of nitriles is 1. The summed E-state index contributed by atoms with van der Waals surface area (Å²) >= 11 is 6.83. The van der Waals surface area contributed by atoms with Gasteiger partial charge in [0.2, 0.25) is 6.79 Å². The number of aromatic nitrogens is 1. The molecule has 192 valence electrons. The molecule has 0 radical (unpaired) electrons. The Morgan fingerprint density at radius 1 is 1.22 bits per heavy atom. The number of fused-ring (bicyclic) bond motifs is 1. The smallest absolute Gasteiger partial charge is 0.270 e. The topological polar surface area (TPSA) is 87.8 Å². The Kier molecular flexibility index (Phi) is 7.01. The summed E-state index contributed by atoms with van der Waals surface area (Å²) in [7, 11) is 0. The van der Waals surface area contributed by atoms with Crippen molar-refractivity contribution in [3.63, 3.8) is 0 Å². The summed E-state index contributed by atoms with van der Waals surface area (Å²) in [6, 6.07) is 7.68. The van der Waals surface area contributed by atoms with E-state index in [4.69, 9.17) is 21.7 Å². The molecule has 0 bridgehead atoms. The van der Waals surface area contributed by atoms with Crippen molar-refractivity contribution >= 4 is 46.1 Å². The zero-order valence-corrected chi connectivity index (χ0v) is 22.7. The summed E-state index contributed by atoms with van der Waals surface area (Å²) < 4.78 is 13.0. The van der Waals surface area contributed by atoms with Crippen LogP contribution in [0.15, 0.2) is 27.9 Å². The number of carbonyl (C=O) groups excluding carboxylic acids is 1. The van der Waals surface area contributed by atoms with Crippen molar-refractivity contribution < 1.29 is 14.3 Å². The van der Waals surface area contributed by atoms with Crippen molar-refractivity contribution in [1.82, 2.24) is 9.47 Å². The van der Waals surface area contributed by atoms with Crippen molar-refractivity contribution in [2.75, 3.05) is 24.8 Å².